The van der Waals surface area contributed by atoms with Gasteiger partial charge in [0.25, 0.3) is 5.91 Å². The molecule has 190 valence electrons. The van der Waals surface area contributed by atoms with Crippen LogP contribution in [-0.2, 0) is 9.84 Å². The average Bonchev–Trinajstić information content (AvgIpc) is 3.04. The predicted octanol–water partition coefficient (Wildman–Crippen LogP) is 4.26. The minimum Gasteiger partial charge on any atom is -0.389 e. The lowest BCUT2D eigenvalue weighted by Crippen LogP contribution is -2.50. The zero-order valence-corrected chi connectivity index (χ0v) is 20.8. The monoisotopic (exact) mass is 530 g/mol. The van der Waals surface area contributed by atoms with Crippen molar-refractivity contribution in [1.82, 2.24) is 4.90 Å². The number of likely N-dealkylation sites (N-methyl/N-ethyl adjacent to an activating group) is 1. The number of carbonyl (C=O) groups is 1. The van der Waals surface area contributed by atoms with Gasteiger partial charge in [-0.2, -0.15) is 0 Å². The predicted molar refractivity (Wildman–Crippen MR) is 126 cm³/mol. The van der Waals surface area contributed by atoms with Crippen LogP contribution in [0.4, 0.5) is 18.9 Å². The number of hydrogen-bond donors (Lipinski definition) is 2. The first-order valence-corrected chi connectivity index (χ1v) is 13.1. The molecule has 0 radical (unpaired) electrons. The Bertz CT molecular complexity index is 1230. The summed E-state index contributed by atoms with van der Waals surface area (Å²) in [5.41, 5.74) is -1.38. The molecule has 2 fully saturated rings. The highest BCUT2D eigenvalue weighted by Crippen LogP contribution is 2.51. The summed E-state index contributed by atoms with van der Waals surface area (Å²) in [6, 6.07) is 4.96. The van der Waals surface area contributed by atoms with Gasteiger partial charge in [-0.15, -0.1) is 0 Å². The lowest BCUT2D eigenvalue weighted by Gasteiger charge is -2.42. The van der Waals surface area contributed by atoms with Crippen molar-refractivity contribution in [2.45, 2.75) is 41.4 Å². The smallest absolute Gasteiger partial charge is 0.255 e. The van der Waals surface area contributed by atoms with Crippen LogP contribution < -0.4 is 5.32 Å². The lowest BCUT2D eigenvalue weighted by atomic mass is 9.77. The normalized spacial score (nSPS) is 26.2. The van der Waals surface area contributed by atoms with Gasteiger partial charge in [0, 0.05) is 29.9 Å². The molecule has 1 amide bonds. The van der Waals surface area contributed by atoms with Gasteiger partial charge in [0.2, 0.25) is 0 Å². The van der Waals surface area contributed by atoms with Crippen molar-refractivity contribution in [3.8, 4) is 0 Å². The van der Waals surface area contributed by atoms with E-state index in [4.69, 9.17) is 11.6 Å². The summed E-state index contributed by atoms with van der Waals surface area (Å²) >= 11 is 6.26. The van der Waals surface area contributed by atoms with Crippen molar-refractivity contribution in [3.05, 3.63) is 58.4 Å². The Morgan fingerprint density at radius 1 is 1.11 bits per heavy atom. The summed E-state index contributed by atoms with van der Waals surface area (Å²) < 4.78 is 67.6. The Hall–Kier alpha value is -2.14. The summed E-state index contributed by atoms with van der Waals surface area (Å²) in [6.45, 7) is 0.438. The fraction of sp³-hybridized carbons (Fsp3) is 0.458. The molecule has 11 heteroatoms. The third-order valence-electron chi connectivity index (χ3n) is 6.83. The van der Waals surface area contributed by atoms with E-state index < -0.39 is 44.0 Å². The van der Waals surface area contributed by atoms with Gasteiger partial charge in [-0.3, -0.25) is 4.79 Å². The first kappa shape index (κ1) is 25.9. The van der Waals surface area contributed by atoms with E-state index in [9.17, 15) is 31.5 Å². The third-order valence-corrected chi connectivity index (χ3v) is 9.71. The van der Waals surface area contributed by atoms with Gasteiger partial charge >= 0.3 is 0 Å². The summed E-state index contributed by atoms with van der Waals surface area (Å²) in [4.78, 5) is 14.4. The molecular formula is C24H26ClF3N2O4S. The number of benzene rings is 2. The third kappa shape index (κ3) is 5.07. The zero-order chi connectivity index (χ0) is 25.7. The van der Waals surface area contributed by atoms with E-state index >= 15 is 0 Å². The SMILES string of the molecule is CN(C)C[C@]1(O)CC2CC[C@@H](C1)[C@H]2S(=O)(=O)c1cc(C(=O)Nc2cc(F)c(F)c(F)c2)ccc1Cl. The number of sulfone groups is 1. The Morgan fingerprint density at radius 3 is 2.23 bits per heavy atom. The van der Waals surface area contributed by atoms with Gasteiger partial charge in [-0.25, -0.2) is 21.6 Å². The number of nitrogens with zero attached hydrogens (tertiary/aromatic N) is 1. The largest absolute Gasteiger partial charge is 0.389 e. The van der Waals surface area contributed by atoms with Crippen LogP contribution in [0.25, 0.3) is 0 Å². The molecule has 2 N–H and O–H groups in total. The average molecular weight is 531 g/mol. The van der Waals surface area contributed by atoms with Crippen LogP contribution in [-0.4, -0.2) is 55.8 Å². The van der Waals surface area contributed by atoms with Crippen molar-refractivity contribution in [1.29, 1.82) is 0 Å². The number of aliphatic hydroxyl groups is 1. The molecule has 2 saturated carbocycles. The number of carbonyl (C=O) groups excluding carboxylic acids is 1. The fourth-order valence-electron chi connectivity index (χ4n) is 5.70. The van der Waals surface area contributed by atoms with E-state index in [2.05, 4.69) is 5.32 Å². The molecule has 35 heavy (non-hydrogen) atoms. The van der Waals surface area contributed by atoms with Gasteiger partial charge in [-0.05, 0) is 69.8 Å². The number of hydrogen-bond acceptors (Lipinski definition) is 5. The second kappa shape index (κ2) is 9.38. The highest BCUT2D eigenvalue weighted by molar-refractivity contribution is 7.92. The van der Waals surface area contributed by atoms with Crippen molar-refractivity contribution in [2.24, 2.45) is 11.8 Å². The van der Waals surface area contributed by atoms with E-state index in [-0.39, 0.29) is 33.0 Å². The summed E-state index contributed by atoms with van der Waals surface area (Å²) in [5.74, 6) is -5.94. The molecule has 6 nitrogen and oxygen atoms in total. The van der Waals surface area contributed by atoms with Crippen LogP contribution in [0, 0.1) is 29.3 Å². The molecule has 2 bridgehead atoms. The van der Waals surface area contributed by atoms with Gasteiger partial charge in [-0.1, -0.05) is 11.6 Å². The Balaban J connectivity index is 1.61. The van der Waals surface area contributed by atoms with Crippen LogP contribution in [0.1, 0.15) is 36.0 Å². The zero-order valence-electron chi connectivity index (χ0n) is 19.2. The van der Waals surface area contributed by atoms with Gasteiger partial charge in [0.05, 0.1) is 20.8 Å². The molecule has 0 aliphatic heterocycles. The van der Waals surface area contributed by atoms with E-state index in [1.165, 1.54) is 12.1 Å². The van der Waals surface area contributed by atoms with Crippen molar-refractivity contribution in [3.63, 3.8) is 0 Å². The molecule has 0 saturated heterocycles. The van der Waals surface area contributed by atoms with Crippen molar-refractivity contribution in [2.75, 3.05) is 26.0 Å². The molecule has 0 aromatic heterocycles. The molecule has 0 spiro atoms. The van der Waals surface area contributed by atoms with Crippen LogP contribution in [0.3, 0.4) is 0 Å². The van der Waals surface area contributed by atoms with Crippen LogP contribution in [0.5, 0.6) is 0 Å². The quantitative estimate of drug-likeness (QED) is 0.545. The van der Waals surface area contributed by atoms with Crippen LogP contribution >= 0.6 is 11.6 Å². The minimum absolute atomic E-state index is 0.0473. The number of anilines is 1. The molecule has 2 aliphatic rings. The van der Waals surface area contributed by atoms with Crippen molar-refractivity contribution >= 4 is 33.0 Å². The molecule has 4 rings (SSSR count). The maximum absolute atomic E-state index is 13.7. The van der Waals surface area contributed by atoms with Crippen LogP contribution in [0.2, 0.25) is 5.02 Å². The Kier molecular flexibility index (Phi) is 6.95. The topological polar surface area (TPSA) is 86.7 Å². The fourth-order valence-corrected chi connectivity index (χ4v) is 8.54. The highest BCUT2D eigenvalue weighted by Gasteiger charge is 2.54. The first-order valence-electron chi connectivity index (χ1n) is 11.2. The molecule has 2 aromatic rings. The lowest BCUT2D eigenvalue weighted by molar-refractivity contribution is -0.0363. The maximum Gasteiger partial charge on any atom is 0.255 e. The summed E-state index contributed by atoms with van der Waals surface area (Å²) in [5, 5.41) is 12.5. The minimum atomic E-state index is -3.96. The number of fused-ring (bicyclic) bond motifs is 2. The standard InChI is InChI=1S/C24H26ClF3N2O4S/c1-30(2)12-24(32)10-14-3-4-15(11-24)22(14)35(33,34)20-7-13(5-6-17(20)25)23(31)29-16-8-18(26)21(28)19(27)9-16/h5-9,14-15,22,32H,3-4,10-12H2,1-2H3,(H,29,31)/t14-,15?,22+,24+/m0/s1. The van der Waals surface area contributed by atoms with E-state index in [1.54, 1.807) is 0 Å². The Morgan fingerprint density at radius 2 is 1.69 bits per heavy atom. The number of nitrogens with one attached hydrogen (secondary N) is 1. The molecular weight excluding hydrogens is 505 g/mol. The summed E-state index contributed by atoms with van der Waals surface area (Å²) in [7, 11) is -0.252. The van der Waals surface area contributed by atoms with Gasteiger partial charge in [0.1, 0.15) is 0 Å². The molecule has 2 aromatic carbocycles. The maximum atomic E-state index is 13.7. The number of halogens is 4. The van der Waals surface area contributed by atoms with E-state index in [0.29, 0.717) is 44.4 Å². The highest BCUT2D eigenvalue weighted by atomic mass is 35.5. The molecule has 2 aliphatic carbocycles. The number of amides is 1. The second-order valence-corrected chi connectivity index (χ2v) is 12.3. The van der Waals surface area contributed by atoms with Gasteiger partial charge < -0.3 is 15.3 Å². The second-order valence-electron chi connectivity index (χ2n) is 9.83. The van der Waals surface area contributed by atoms with E-state index in [0.717, 1.165) is 6.07 Å². The molecule has 0 heterocycles. The Labute approximate surface area is 207 Å². The number of rotatable bonds is 6. The summed E-state index contributed by atoms with van der Waals surface area (Å²) in [6.07, 6.45) is 2.05. The van der Waals surface area contributed by atoms with E-state index in [1.807, 2.05) is 19.0 Å². The molecule has 4 atom stereocenters. The van der Waals surface area contributed by atoms with Crippen LogP contribution in [0.15, 0.2) is 35.2 Å². The molecule has 1 unspecified atom stereocenters. The van der Waals surface area contributed by atoms with Crippen molar-refractivity contribution < 1.29 is 31.5 Å². The first-order chi connectivity index (χ1) is 16.3. The van der Waals surface area contributed by atoms with Gasteiger partial charge in [0.15, 0.2) is 27.3 Å².